The van der Waals surface area contributed by atoms with Crippen LogP contribution < -0.4 is 9.47 Å². The van der Waals surface area contributed by atoms with Crippen molar-refractivity contribution in [1.29, 1.82) is 0 Å². The van der Waals surface area contributed by atoms with Crippen LogP contribution in [0.2, 0.25) is 0 Å². The van der Waals surface area contributed by atoms with E-state index in [4.69, 9.17) is 14.6 Å². The fourth-order valence-electron chi connectivity index (χ4n) is 1.96. The Hall–Kier alpha value is -2.83. The van der Waals surface area contributed by atoms with Crippen molar-refractivity contribution in [1.82, 2.24) is 0 Å². The highest BCUT2D eigenvalue weighted by Crippen LogP contribution is 2.34. The van der Waals surface area contributed by atoms with Gasteiger partial charge in [-0.25, -0.2) is 13.6 Å². The maximum atomic E-state index is 12.8. The molecule has 0 unspecified atom stereocenters. The van der Waals surface area contributed by atoms with E-state index >= 15 is 0 Å². The molecule has 2 aromatic carbocycles. The monoisotopic (exact) mass is 324 g/mol. The Morgan fingerprint density at radius 3 is 2.39 bits per heavy atom. The molecule has 7 heteroatoms. The molecule has 0 spiro atoms. The second kappa shape index (κ2) is 6.95. The number of benzene rings is 2. The van der Waals surface area contributed by atoms with E-state index in [2.05, 4.69) is 0 Å². The number of hydrogen-bond donors (Lipinski definition) is 2. The molecule has 0 saturated carbocycles. The SMILES string of the molecule is COc1ccc(COc2cc(C(F)F)cc(O)c2C(=O)O)cc1. The zero-order valence-corrected chi connectivity index (χ0v) is 12.1. The lowest BCUT2D eigenvalue weighted by atomic mass is 10.1. The van der Waals surface area contributed by atoms with Crippen molar-refractivity contribution in [3.05, 3.63) is 53.1 Å². The molecule has 2 N–H and O–H groups in total. The molecule has 0 radical (unpaired) electrons. The smallest absolute Gasteiger partial charge is 0.343 e. The van der Waals surface area contributed by atoms with Crippen molar-refractivity contribution in [3.63, 3.8) is 0 Å². The normalized spacial score (nSPS) is 10.6. The van der Waals surface area contributed by atoms with Gasteiger partial charge in [0.1, 0.15) is 29.4 Å². The summed E-state index contributed by atoms with van der Waals surface area (Å²) in [6.45, 7) is -0.0452. The summed E-state index contributed by atoms with van der Waals surface area (Å²) in [7, 11) is 1.52. The molecule has 0 aliphatic rings. The second-order valence-corrected chi connectivity index (χ2v) is 4.66. The van der Waals surface area contributed by atoms with Gasteiger partial charge in [0.05, 0.1) is 7.11 Å². The molecule has 0 bridgehead atoms. The third kappa shape index (κ3) is 3.88. The number of aromatic carboxylic acids is 1. The first kappa shape index (κ1) is 16.5. The predicted octanol–water partition coefficient (Wildman–Crippen LogP) is 3.62. The van der Waals surface area contributed by atoms with Gasteiger partial charge < -0.3 is 19.7 Å². The highest BCUT2D eigenvalue weighted by Gasteiger charge is 2.21. The second-order valence-electron chi connectivity index (χ2n) is 4.66. The fourth-order valence-corrected chi connectivity index (χ4v) is 1.96. The van der Waals surface area contributed by atoms with E-state index in [1.165, 1.54) is 7.11 Å². The van der Waals surface area contributed by atoms with Gasteiger partial charge in [0, 0.05) is 5.56 Å². The Balaban J connectivity index is 2.27. The summed E-state index contributed by atoms with van der Waals surface area (Å²) in [6, 6.07) is 8.38. The maximum absolute atomic E-state index is 12.8. The molecule has 5 nitrogen and oxygen atoms in total. The van der Waals surface area contributed by atoms with Gasteiger partial charge in [0.25, 0.3) is 6.43 Å². The maximum Gasteiger partial charge on any atom is 0.343 e. The first-order chi connectivity index (χ1) is 10.9. The Morgan fingerprint density at radius 1 is 1.22 bits per heavy atom. The Labute approximate surface area is 130 Å². The van der Waals surface area contributed by atoms with Gasteiger partial charge in [-0.3, -0.25) is 0 Å². The molecular weight excluding hydrogens is 310 g/mol. The molecule has 0 aromatic heterocycles. The molecule has 0 heterocycles. The van der Waals surface area contributed by atoms with Crippen LogP contribution in [0.15, 0.2) is 36.4 Å². The van der Waals surface area contributed by atoms with Crippen LogP contribution >= 0.6 is 0 Å². The number of hydrogen-bond acceptors (Lipinski definition) is 4. The molecule has 122 valence electrons. The Bertz CT molecular complexity index is 698. The summed E-state index contributed by atoms with van der Waals surface area (Å²) < 4.78 is 35.9. The minimum atomic E-state index is -2.85. The summed E-state index contributed by atoms with van der Waals surface area (Å²) in [5.74, 6) is -1.91. The van der Waals surface area contributed by atoms with E-state index in [-0.39, 0.29) is 12.4 Å². The lowest BCUT2D eigenvalue weighted by Gasteiger charge is -2.13. The van der Waals surface area contributed by atoms with E-state index in [0.717, 1.165) is 6.07 Å². The number of carbonyl (C=O) groups is 1. The number of phenols is 1. The van der Waals surface area contributed by atoms with Crippen LogP contribution in [0.5, 0.6) is 17.2 Å². The average molecular weight is 324 g/mol. The lowest BCUT2D eigenvalue weighted by molar-refractivity contribution is 0.0687. The molecule has 0 aliphatic heterocycles. The van der Waals surface area contributed by atoms with Crippen molar-refractivity contribution in [3.8, 4) is 17.2 Å². The average Bonchev–Trinajstić information content (AvgIpc) is 2.52. The summed E-state index contributed by atoms with van der Waals surface area (Å²) in [4.78, 5) is 11.2. The number of rotatable bonds is 6. The number of ether oxygens (including phenoxy) is 2. The van der Waals surface area contributed by atoms with Gasteiger partial charge in [-0.15, -0.1) is 0 Å². The van der Waals surface area contributed by atoms with E-state index in [1.54, 1.807) is 24.3 Å². The molecule has 0 saturated heterocycles. The third-order valence-corrected chi connectivity index (χ3v) is 3.12. The van der Waals surface area contributed by atoms with E-state index in [0.29, 0.717) is 17.4 Å². The van der Waals surface area contributed by atoms with Crippen LogP contribution in [-0.2, 0) is 6.61 Å². The highest BCUT2D eigenvalue weighted by molar-refractivity contribution is 5.94. The Morgan fingerprint density at radius 2 is 1.87 bits per heavy atom. The number of halogens is 2. The number of aromatic hydroxyl groups is 1. The van der Waals surface area contributed by atoms with Crippen LogP contribution in [0.3, 0.4) is 0 Å². The van der Waals surface area contributed by atoms with Crippen molar-refractivity contribution < 1.29 is 33.3 Å². The van der Waals surface area contributed by atoms with Crippen molar-refractivity contribution in [2.75, 3.05) is 7.11 Å². The third-order valence-electron chi connectivity index (χ3n) is 3.12. The first-order valence-electron chi connectivity index (χ1n) is 6.56. The minimum Gasteiger partial charge on any atom is -0.507 e. The van der Waals surface area contributed by atoms with Crippen molar-refractivity contribution >= 4 is 5.97 Å². The zero-order valence-electron chi connectivity index (χ0n) is 12.1. The van der Waals surface area contributed by atoms with Gasteiger partial charge in [0.15, 0.2) is 0 Å². The van der Waals surface area contributed by atoms with Crippen LogP contribution in [0.1, 0.15) is 27.9 Å². The molecule has 2 aromatic rings. The van der Waals surface area contributed by atoms with Crippen LogP contribution in [0.4, 0.5) is 8.78 Å². The quantitative estimate of drug-likeness (QED) is 0.849. The minimum absolute atomic E-state index is 0.0452. The highest BCUT2D eigenvalue weighted by atomic mass is 19.3. The Kier molecular flexibility index (Phi) is 5.00. The van der Waals surface area contributed by atoms with Crippen LogP contribution in [0, 0.1) is 0 Å². The van der Waals surface area contributed by atoms with Crippen LogP contribution in [-0.4, -0.2) is 23.3 Å². The summed E-state index contributed by atoms with van der Waals surface area (Å²) >= 11 is 0. The summed E-state index contributed by atoms with van der Waals surface area (Å²) in [5.41, 5.74) is -0.385. The van der Waals surface area contributed by atoms with Gasteiger partial charge in [-0.05, 0) is 29.8 Å². The summed E-state index contributed by atoms with van der Waals surface area (Å²) in [6.07, 6.45) is -2.85. The van der Waals surface area contributed by atoms with Crippen molar-refractivity contribution in [2.45, 2.75) is 13.0 Å². The van der Waals surface area contributed by atoms with Gasteiger partial charge in [-0.2, -0.15) is 0 Å². The number of carboxylic acids is 1. The molecule has 0 atom stereocenters. The van der Waals surface area contributed by atoms with E-state index in [1.807, 2.05) is 0 Å². The summed E-state index contributed by atoms with van der Waals surface area (Å²) in [5, 5.41) is 18.7. The van der Waals surface area contributed by atoms with Crippen molar-refractivity contribution in [2.24, 2.45) is 0 Å². The molecular formula is C16H14F2O5. The molecule has 0 fully saturated rings. The number of carboxylic acid groups (broad SMARTS) is 1. The predicted molar refractivity (Wildman–Crippen MR) is 77.3 cm³/mol. The van der Waals surface area contributed by atoms with E-state index < -0.39 is 29.3 Å². The standard InChI is InChI=1S/C16H14F2O5/c1-22-11-4-2-9(3-5-11)8-23-13-7-10(15(17)18)6-12(19)14(13)16(20)21/h2-7,15,19H,8H2,1H3,(H,20,21). The zero-order chi connectivity index (χ0) is 17.0. The number of methoxy groups -OCH3 is 1. The first-order valence-corrected chi connectivity index (χ1v) is 6.56. The fraction of sp³-hybridized carbons (Fsp3) is 0.188. The lowest BCUT2D eigenvalue weighted by Crippen LogP contribution is -2.05. The molecule has 0 aliphatic carbocycles. The topological polar surface area (TPSA) is 76.0 Å². The largest absolute Gasteiger partial charge is 0.507 e. The van der Waals surface area contributed by atoms with Crippen LogP contribution in [0.25, 0.3) is 0 Å². The van der Waals surface area contributed by atoms with Gasteiger partial charge in [-0.1, -0.05) is 12.1 Å². The van der Waals surface area contributed by atoms with E-state index in [9.17, 15) is 18.7 Å². The number of alkyl halides is 2. The van der Waals surface area contributed by atoms with Gasteiger partial charge >= 0.3 is 5.97 Å². The molecule has 2 rings (SSSR count). The van der Waals surface area contributed by atoms with Gasteiger partial charge in [0.2, 0.25) is 0 Å². The molecule has 0 amide bonds. The molecule has 23 heavy (non-hydrogen) atoms.